The molecule has 4 heterocycles. The lowest BCUT2D eigenvalue weighted by molar-refractivity contribution is -0.136. The predicted molar refractivity (Wildman–Crippen MR) is 113 cm³/mol. The maximum atomic E-state index is 13.1. The standard InChI is InChI=1S/C22H22ClN5O2/c23-17-5-1-2-6-18(17)28-14-16(13-20(28)29)22(30)26-11-8-15(9-12-26)21-25-24-19-7-3-4-10-27(19)21/h1-7,10,15-16H,8-9,11-14H2. The Morgan fingerprint density at radius 1 is 1.03 bits per heavy atom. The van der Waals surface area contributed by atoms with Gasteiger partial charge in [0, 0.05) is 38.2 Å². The van der Waals surface area contributed by atoms with Crippen LogP contribution in [0.2, 0.25) is 5.02 Å². The summed E-state index contributed by atoms with van der Waals surface area (Å²) in [5, 5.41) is 9.14. The Kier molecular flexibility index (Phi) is 4.90. The molecule has 2 aliphatic heterocycles. The van der Waals surface area contributed by atoms with Crippen LogP contribution in [0.25, 0.3) is 5.65 Å². The maximum Gasteiger partial charge on any atom is 0.228 e. The molecule has 30 heavy (non-hydrogen) atoms. The summed E-state index contributed by atoms with van der Waals surface area (Å²) >= 11 is 6.25. The highest BCUT2D eigenvalue weighted by Crippen LogP contribution is 2.33. The van der Waals surface area contributed by atoms with Gasteiger partial charge in [-0.2, -0.15) is 0 Å². The van der Waals surface area contributed by atoms with Crippen LogP contribution in [-0.2, 0) is 9.59 Å². The Labute approximate surface area is 179 Å². The lowest BCUT2D eigenvalue weighted by atomic mass is 9.94. The molecule has 0 N–H and O–H groups in total. The average Bonchev–Trinajstić information content (AvgIpc) is 3.37. The fraction of sp³-hybridized carbons (Fsp3) is 0.364. The normalized spacial score (nSPS) is 20.3. The summed E-state index contributed by atoms with van der Waals surface area (Å²) in [7, 11) is 0. The summed E-state index contributed by atoms with van der Waals surface area (Å²) in [5.74, 6) is 0.919. The molecule has 3 aromatic rings. The maximum absolute atomic E-state index is 13.1. The van der Waals surface area contributed by atoms with Crippen molar-refractivity contribution in [3.63, 3.8) is 0 Å². The van der Waals surface area contributed by atoms with Crippen molar-refractivity contribution < 1.29 is 9.59 Å². The number of halogens is 1. The van der Waals surface area contributed by atoms with E-state index in [-0.39, 0.29) is 30.1 Å². The van der Waals surface area contributed by atoms with Gasteiger partial charge in [0.15, 0.2) is 5.65 Å². The number of hydrogen-bond donors (Lipinski definition) is 0. The van der Waals surface area contributed by atoms with Crippen LogP contribution in [0.4, 0.5) is 5.69 Å². The largest absolute Gasteiger partial charge is 0.342 e. The summed E-state index contributed by atoms with van der Waals surface area (Å²) in [4.78, 5) is 29.2. The van der Waals surface area contributed by atoms with Gasteiger partial charge in [-0.1, -0.05) is 29.8 Å². The van der Waals surface area contributed by atoms with Gasteiger partial charge in [-0.15, -0.1) is 10.2 Å². The molecule has 2 amide bonds. The molecule has 1 atom stereocenters. The number of likely N-dealkylation sites (tertiary alicyclic amines) is 1. The van der Waals surface area contributed by atoms with E-state index in [2.05, 4.69) is 10.2 Å². The van der Waals surface area contributed by atoms with Crippen molar-refractivity contribution in [3.05, 3.63) is 59.5 Å². The molecule has 0 spiro atoms. The van der Waals surface area contributed by atoms with Crippen LogP contribution in [0.3, 0.4) is 0 Å². The van der Waals surface area contributed by atoms with E-state index in [0.717, 1.165) is 24.3 Å². The van der Waals surface area contributed by atoms with Crippen LogP contribution in [0.1, 0.15) is 31.0 Å². The topological polar surface area (TPSA) is 70.8 Å². The first kappa shape index (κ1) is 19.1. The highest BCUT2D eigenvalue weighted by atomic mass is 35.5. The molecule has 2 aromatic heterocycles. The first-order chi connectivity index (χ1) is 14.6. The monoisotopic (exact) mass is 423 g/mol. The van der Waals surface area contributed by atoms with Crippen molar-refractivity contribution in [1.82, 2.24) is 19.5 Å². The minimum atomic E-state index is -0.320. The van der Waals surface area contributed by atoms with E-state index in [4.69, 9.17) is 11.6 Å². The average molecular weight is 424 g/mol. The Balaban J connectivity index is 1.24. The molecular weight excluding hydrogens is 402 g/mol. The van der Waals surface area contributed by atoms with Crippen molar-refractivity contribution in [2.24, 2.45) is 5.92 Å². The smallest absolute Gasteiger partial charge is 0.228 e. The summed E-state index contributed by atoms with van der Waals surface area (Å²) < 4.78 is 2.03. The van der Waals surface area contributed by atoms with E-state index in [1.807, 2.05) is 51.9 Å². The van der Waals surface area contributed by atoms with E-state index in [1.165, 1.54) is 0 Å². The van der Waals surface area contributed by atoms with E-state index in [1.54, 1.807) is 11.0 Å². The van der Waals surface area contributed by atoms with E-state index >= 15 is 0 Å². The minimum Gasteiger partial charge on any atom is -0.342 e. The van der Waals surface area contributed by atoms with E-state index in [9.17, 15) is 9.59 Å². The highest BCUT2D eigenvalue weighted by Gasteiger charge is 2.39. The Morgan fingerprint density at radius 2 is 1.80 bits per heavy atom. The Morgan fingerprint density at radius 3 is 2.60 bits per heavy atom. The fourth-order valence-corrected chi connectivity index (χ4v) is 4.77. The number of carbonyl (C=O) groups is 2. The number of fused-ring (bicyclic) bond motifs is 1. The second kappa shape index (κ2) is 7.72. The fourth-order valence-electron chi connectivity index (χ4n) is 4.53. The third-order valence-electron chi connectivity index (χ3n) is 6.13. The molecular formula is C22H22ClN5O2. The third-order valence-corrected chi connectivity index (χ3v) is 6.45. The van der Waals surface area contributed by atoms with Gasteiger partial charge in [0.05, 0.1) is 16.6 Å². The number of nitrogens with zero attached hydrogens (tertiary/aromatic N) is 5. The molecule has 0 saturated carbocycles. The van der Waals surface area contributed by atoms with Crippen LogP contribution in [-0.4, -0.2) is 50.9 Å². The Hall–Kier alpha value is -2.93. The lowest BCUT2D eigenvalue weighted by Crippen LogP contribution is -2.42. The SMILES string of the molecule is O=C(C1CC(=O)N(c2ccccc2Cl)C1)N1CCC(c2nnc3ccccn23)CC1. The highest BCUT2D eigenvalue weighted by molar-refractivity contribution is 6.33. The van der Waals surface area contributed by atoms with Gasteiger partial charge < -0.3 is 9.80 Å². The van der Waals surface area contributed by atoms with Gasteiger partial charge >= 0.3 is 0 Å². The molecule has 2 saturated heterocycles. The van der Waals surface area contributed by atoms with Crippen molar-refractivity contribution >= 4 is 34.7 Å². The number of para-hydroxylation sites is 1. The first-order valence-corrected chi connectivity index (χ1v) is 10.6. The molecule has 154 valence electrons. The zero-order chi connectivity index (χ0) is 20.7. The van der Waals surface area contributed by atoms with Gasteiger partial charge in [0.2, 0.25) is 11.8 Å². The number of piperidine rings is 1. The van der Waals surface area contributed by atoms with Crippen LogP contribution in [0.15, 0.2) is 48.7 Å². The van der Waals surface area contributed by atoms with Crippen molar-refractivity contribution in [3.8, 4) is 0 Å². The number of carbonyl (C=O) groups excluding carboxylic acids is 2. The Bertz CT molecular complexity index is 1110. The summed E-state index contributed by atoms with van der Waals surface area (Å²) in [6, 6.07) is 13.1. The minimum absolute atomic E-state index is 0.0498. The number of aromatic nitrogens is 3. The quantitative estimate of drug-likeness (QED) is 0.648. The molecule has 7 nitrogen and oxygen atoms in total. The van der Waals surface area contributed by atoms with E-state index in [0.29, 0.717) is 30.3 Å². The number of rotatable bonds is 3. The predicted octanol–water partition coefficient (Wildman–Crippen LogP) is 3.14. The molecule has 1 unspecified atom stereocenters. The third kappa shape index (κ3) is 3.33. The van der Waals surface area contributed by atoms with Crippen molar-refractivity contribution in [2.75, 3.05) is 24.5 Å². The zero-order valence-corrected chi connectivity index (χ0v) is 17.2. The molecule has 2 fully saturated rings. The van der Waals surface area contributed by atoms with Gasteiger partial charge in [0.1, 0.15) is 5.82 Å². The molecule has 1 aromatic carbocycles. The number of anilines is 1. The van der Waals surface area contributed by atoms with Crippen LogP contribution < -0.4 is 4.90 Å². The van der Waals surface area contributed by atoms with Crippen LogP contribution >= 0.6 is 11.6 Å². The molecule has 0 aliphatic carbocycles. The molecule has 8 heteroatoms. The molecule has 0 bridgehead atoms. The molecule has 2 aliphatic rings. The number of pyridine rings is 1. The summed E-state index contributed by atoms with van der Waals surface area (Å²) in [5.41, 5.74) is 1.52. The lowest BCUT2D eigenvalue weighted by Gasteiger charge is -2.32. The van der Waals surface area contributed by atoms with Crippen molar-refractivity contribution in [2.45, 2.75) is 25.2 Å². The van der Waals surface area contributed by atoms with Gasteiger partial charge in [-0.3, -0.25) is 14.0 Å². The molecule has 0 radical (unpaired) electrons. The van der Waals surface area contributed by atoms with Crippen LogP contribution in [0.5, 0.6) is 0 Å². The second-order valence-electron chi connectivity index (χ2n) is 7.94. The number of amides is 2. The van der Waals surface area contributed by atoms with Gasteiger partial charge in [0.25, 0.3) is 0 Å². The summed E-state index contributed by atoms with van der Waals surface area (Å²) in [6.45, 7) is 1.72. The number of hydrogen-bond acceptors (Lipinski definition) is 4. The first-order valence-electron chi connectivity index (χ1n) is 10.2. The van der Waals surface area contributed by atoms with E-state index < -0.39 is 0 Å². The summed E-state index contributed by atoms with van der Waals surface area (Å²) in [6.07, 6.45) is 3.90. The van der Waals surface area contributed by atoms with Gasteiger partial charge in [-0.25, -0.2) is 0 Å². The number of benzene rings is 1. The van der Waals surface area contributed by atoms with Gasteiger partial charge in [-0.05, 0) is 37.1 Å². The van der Waals surface area contributed by atoms with Crippen molar-refractivity contribution in [1.29, 1.82) is 0 Å². The second-order valence-corrected chi connectivity index (χ2v) is 8.35. The van der Waals surface area contributed by atoms with Crippen LogP contribution in [0, 0.1) is 5.92 Å². The zero-order valence-electron chi connectivity index (χ0n) is 16.4. The molecule has 5 rings (SSSR count).